The molecule has 166 valence electrons. The van der Waals surface area contributed by atoms with Crippen molar-refractivity contribution in [3.05, 3.63) is 90.5 Å². The van der Waals surface area contributed by atoms with E-state index in [9.17, 15) is 4.79 Å². The van der Waals surface area contributed by atoms with Crippen LogP contribution in [0.25, 0.3) is 22.5 Å². The van der Waals surface area contributed by atoms with E-state index in [2.05, 4.69) is 15.5 Å². The third-order valence-electron chi connectivity index (χ3n) is 5.06. The third kappa shape index (κ3) is 5.56. The van der Waals surface area contributed by atoms with Gasteiger partial charge in [0.05, 0.1) is 12.4 Å². The molecular weight excluding hydrogens is 432 g/mol. The van der Waals surface area contributed by atoms with Gasteiger partial charge < -0.3 is 10.1 Å². The summed E-state index contributed by atoms with van der Waals surface area (Å²) in [5.41, 5.74) is 4.25. The zero-order valence-electron chi connectivity index (χ0n) is 18.4. The third-order valence-corrected chi connectivity index (χ3v) is 6.01. The number of carbonyl (C=O) groups is 1. The first kappa shape index (κ1) is 22.5. The van der Waals surface area contributed by atoms with Crippen LogP contribution < -0.4 is 10.1 Å². The molecule has 0 aliphatic rings. The first-order chi connectivity index (χ1) is 16.2. The highest BCUT2D eigenvalue weighted by molar-refractivity contribution is 8.00. The zero-order chi connectivity index (χ0) is 23.0. The Labute approximate surface area is 197 Å². The molecule has 1 heterocycles. The van der Waals surface area contributed by atoms with Gasteiger partial charge in [0.15, 0.2) is 0 Å². The van der Waals surface area contributed by atoms with E-state index >= 15 is 0 Å². The molecule has 0 aliphatic carbocycles. The Morgan fingerprint density at radius 3 is 2.15 bits per heavy atom. The number of rotatable bonds is 8. The molecule has 6 nitrogen and oxygen atoms in total. The van der Waals surface area contributed by atoms with E-state index in [1.165, 1.54) is 11.8 Å². The van der Waals surface area contributed by atoms with Crippen LogP contribution in [0.2, 0.25) is 0 Å². The summed E-state index contributed by atoms with van der Waals surface area (Å²) in [6, 6.07) is 27.4. The van der Waals surface area contributed by atoms with Crippen LogP contribution in [0.1, 0.15) is 12.5 Å². The lowest BCUT2D eigenvalue weighted by Crippen LogP contribution is -2.30. The van der Waals surface area contributed by atoms with E-state index in [1.54, 1.807) is 7.11 Å². The number of amides is 1. The number of hydrogen-bond acceptors (Lipinski definition) is 6. The van der Waals surface area contributed by atoms with Crippen molar-refractivity contribution < 1.29 is 9.53 Å². The number of para-hydroxylation sites is 1. The minimum Gasteiger partial charge on any atom is -0.496 e. The topological polar surface area (TPSA) is 77.0 Å². The van der Waals surface area contributed by atoms with Crippen molar-refractivity contribution in [3.8, 4) is 28.3 Å². The second kappa shape index (κ2) is 10.7. The van der Waals surface area contributed by atoms with Gasteiger partial charge in [-0.05, 0) is 13.0 Å². The van der Waals surface area contributed by atoms with Gasteiger partial charge in [-0.25, -0.2) is 4.98 Å². The Kier molecular flexibility index (Phi) is 7.32. The molecule has 0 saturated carbocycles. The summed E-state index contributed by atoms with van der Waals surface area (Å²) < 4.78 is 5.35. The molecule has 0 spiro atoms. The van der Waals surface area contributed by atoms with Crippen molar-refractivity contribution in [1.29, 1.82) is 0 Å². The molecule has 0 radical (unpaired) electrons. The van der Waals surface area contributed by atoms with Crippen molar-refractivity contribution >= 4 is 17.7 Å². The highest BCUT2D eigenvalue weighted by Gasteiger charge is 2.19. The lowest BCUT2D eigenvalue weighted by atomic mass is 10.0. The molecule has 4 aromatic rings. The summed E-state index contributed by atoms with van der Waals surface area (Å²) in [5.74, 6) is 0.637. The van der Waals surface area contributed by atoms with Crippen LogP contribution in [0.3, 0.4) is 0 Å². The summed E-state index contributed by atoms with van der Waals surface area (Å²) in [6.45, 7) is 2.22. The summed E-state index contributed by atoms with van der Waals surface area (Å²) in [4.78, 5) is 17.5. The van der Waals surface area contributed by atoms with Crippen LogP contribution in [0.5, 0.6) is 5.75 Å². The molecule has 0 saturated heterocycles. The predicted molar refractivity (Wildman–Crippen MR) is 131 cm³/mol. The van der Waals surface area contributed by atoms with E-state index in [0.717, 1.165) is 28.1 Å². The minimum absolute atomic E-state index is 0.108. The van der Waals surface area contributed by atoms with Crippen molar-refractivity contribution in [2.45, 2.75) is 23.9 Å². The molecule has 1 amide bonds. The number of benzene rings is 3. The van der Waals surface area contributed by atoms with Gasteiger partial charge in [-0.15, -0.1) is 10.2 Å². The van der Waals surface area contributed by atoms with E-state index in [1.807, 2.05) is 91.9 Å². The fraction of sp³-hybridized carbons (Fsp3) is 0.154. The van der Waals surface area contributed by atoms with Crippen LogP contribution in [-0.4, -0.2) is 33.4 Å². The molecule has 0 fully saturated rings. The predicted octanol–water partition coefficient (Wildman–Crippen LogP) is 5.01. The quantitative estimate of drug-likeness (QED) is 0.376. The SMILES string of the molecule is COc1ccccc1CNC(=O)C(C)Sc1nnc(-c2ccccc2)c(-c2ccccc2)n1. The smallest absolute Gasteiger partial charge is 0.233 e. The van der Waals surface area contributed by atoms with Crippen molar-refractivity contribution in [2.75, 3.05) is 7.11 Å². The number of methoxy groups -OCH3 is 1. The maximum absolute atomic E-state index is 12.7. The second-order valence-electron chi connectivity index (χ2n) is 7.31. The number of aromatic nitrogens is 3. The van der Waals surface area contributed by atoms with Gasteiger partial charge in [0, 0.05) is 23.2 Å². The largest absolute Gasteiger partial charge is 0.496 e. The molecule has 0 bridgehead atoms. The first-order valence-corrected chi connectivity index (χ1v) is 11.5. The fourth-order valence-electron chi connectivity index (χ4n) is 3.34. The van der Waals surface area contributed by atoms with Crippen molar-refractivity contribution in [2.24, 2.45) is 0 Å². The van der Waals surface area contributed by atoms with Crippen LogP contribution in [0, 0.1) is 0 Å². The lowest BCUT2D eigenvalue weighted by molar-refractivity contribution is -0.120. The Hall–Kier alpha value is -3.71. The molecule has 1 N–H and O–H groups in total. The van der Waals surface area contributed by atoms with Gasteiger partial charge >= 0.3 is 0 Å². The van der Waals surface area contributed by atoms with E-state index in [-0.39, 0.29) is 5.91 Å². The number of nitrogens with zero attached hydrogens (tertiary/aromatic N) is 3. The first-order valence-electron chi connectivity index (χ1n) is 10.6. The molecule has 4 rings (SSSR count). The number of nitrogens with one attached hydrogen (secondary N) is 1. The van der Waals surface area contributed by atoms with E-state index in [0.29, 0.717) is 17.4 Å². The molecule has 3 aromatic carbocycles. The van der Waals surface area contributed by atoms with Gasteiger partial charge in [-0.1, -0.05) is 90.6 Å². The summed E-state index contributed by atoms with van der Waals surface area (Å²) in [5, 5.41) is 11.8. The van der Waals surface area contributed by atoms with Crippen molar-refractivity contribution in [1.82, 2.24) is 20.5 Å². The molecule has 0 aliphatic heterocycles. The minimum atomic E-state index is -0.396. The Balaban J connectivity index is 1.52. The molecule has 1 atom stereocenters. The average molecular weight is 457 g/mol. The van der Waals surface area contributed by atoms with Crippen LogP contribution in [-0.2, 0) is 11.3 Å². The summed E-state index contributed by atoms with van der Waals surface area (Å²) in [6.07, 6.45) is 0. The number of thioether (sulfide) groups is 1. The van der Waals surface area contributed by atoms with Gasteiger partial charge in [0.1, 0.15) is 17.1 Å². The maximum Gasteiger partial charge on any atom is 0.233 e. The fourth-order valence-corrected chi connectivity index (χ4v) is 4.07. The Bertz CT molecular complexity index is 1220. The highest BCUT2D eigenvalue weighted by atomic mass is 32.2. The van der Waals surface area contributed by atoms with Crippen LogP contribution >= 0.6 is 11.8 Å². The van der Waals surface area contributed by atoms with Crippen LogP contribution in [0.15, 0.2) is 90.1 Å². The lowest BCUT2D eigenvalue weighted by Gasteiger charge is -2.14. The number of ether oxygens (including phenoxy) is 1. The Morgan fingerprint density at radius 1 is 0.879 bits per heavy atom. The second-order valence-corrected chi connectivity index (χ2v) is 8.62. The van der Waals surface area contributed by atoms with Gasteiger partial charge in [-0.3, -0.25) is 4.79 Å². The van der Waals surface area contributed by atoms with Crippen molar-refractivity contribution in [3.63, 3.8) is 0 Å². The summed E-state index contributed by atoms with van der Waals surface area (Å²) in [7, 11) is 1.62. The summed E-state index contributed by atoms with van der Waals surface area (Å²) >= 11 is 1.28. The molecular formula is C26H24N4O2S. The zero-order valence-corrected chi connectivity index (χ0v) is 19.3. The normalized spacial score (nSPS) is 11.6. The molecule has 1 aromatic heterocycles. The number of hydrogen-bond donors (Lipinski definition) is 1. The maximum atomic E-state index is 12.7. The molecule has 7 heteroatoms. The molecule has 33 heavy (non-hydrogen) atoms. The monoisotopic (exact) mass is 456 g/mol. The average Bonchev–Trinajstić information content (AvgIpc) is 2.88. The molecule has 1 unspecified atom stereocenters. The number of carbonyl (C=O) groups excluding carboxylic acids is 1. The Morgan fingerprint density at radius 2 is 1.48 bits per heavy atom. The van der Waals surface area contributed by atoms with Gasteiger partial charge in [0.25, 0.3) is 0 Å². The van der Waals surface area contributed by atoms with E-state index < -0.39 is 5.25 Å². The van der Waals surface area contributed by atoms with E-state index in [4.69, 9.17) is 9.72 Å². The highest BCUT2D eigenvalue weighted by Crippen LogP contribution is 2.30. The van der Waals surface area contributed by atoms with Crippen LogP contribution in [0.4, 0.5) is 0 Å². The van der Waals surface area contributed by atoms with Gasteiger partial charge in [0.2, 0.25) is 11.1 Å². The standard InChI is InChI=1S/C26H24N4O2S/c1-18(25(31)27-17-21-15-9-10-16-22(21)32-2)33-26-28-23(19-11-5-3-6-12-19)24(29-30-26)20-13-7-4-8-14-20/h3-16,18H,17H2,1-2H3,(H,27,31). The van der Waals surface area contributed by atoms with Gasteiger partial charge in [-0.2, -0.15) is 0 Å².